The summed E-state index contributed by atoms with van der Waals surface area (Å²) < 4.78 is 5.76. The Hall–Kier alpha value is -1.06. The fourth-order valence-corrected chi connectivity index (χ4v) is 3.12. The van der Waals surface area contributed by atoms with Crippen molar-refractivity contribution in [1.82, 2.24) is 0 Å². The summed E-state index contributed by atoms with van der Waals surface area (Å²) in [5.41, 5.74) is 2.37. The minimum Gasteiger partial charge on any atom is -0.490 e. The fourth-order valence-electron chi connectivity index (χ4n) is 3.12. The van der Waals surface area contributed by atoms with Gasteiger partial charge >= 0.3 is 0 Å². The zero-order valence-electron chi connectivity index (χ0n) is 13.0. The molecule has 3 unspecified atom stereocenters. The van der Waals surface area contributed by atoms with Crippen molar-refractivity contribution in [3.8, 4) is 5.75 Å². The highest BCUT2D eigenvalue weighted by Crippen LogP contribution is 2.18. The van der Waals surface area contributed by atoms with Crippen molar-refractivity contribution in [3.05, 3.63) is 29.3 Å². The molecule has 3 atom stereocenters. The molecule has 3 nitrogen and oxygen atoms in total. The van der Waals surface area contributed by atoms with E-state index in [4.69, 9.17) is 4.74 Å². The van der Waals surface area contributed by atoms with Crippen LogP contribution >= 0.6 is 0 Å². The normalized spacial score (nSPS) is 24.4. The number of likely N-dealkylation sites (tertiary alicyclic amines) is 1. The summed E-state index contributed by atoms with van der Waals surface area (Å²) in [6, 6.07) is 6.15. The number of nitrogens with one attached hydrogen (secondary N) is 1. The molecule has 1 aliphatic rings. The third kappa shape index (κ3) is 4.50. The van der Waals surface area contributed by atoms with Crippen molar-refractivity contribution < 1.29 is 14.7 Å². The lowest BCUT2D eigenvalue weighted by Gasteiger charge is -2.29. The molecule has 2 rings (SSSR count). The highest BCUT2D eigenvalue weighted by atomic mass is 16.5. The quantitative estimate of drug-likeness (QED) is 0.853. The molecule has 0 aromatic heterocycles. The Bertz CT molecular complexity index is 433. The highest BCUT2D eigenvalue weighted by molar-refractivity contribution is 5.35. The Morgan fingerprint density at radius 1 is 1.40 bits per heavy atom. The van der Waals surface area contributed by atoms with Crippen molar-refractivity contribution in [2.75, 3.05) is 26.2 Å². The maximum Gasteiger partial charge on any atom is 0.137 e. The Balaban J connectivity index is 1.78. The first-order valence-electron chi connectivity index (χ1n) is 7.76. The van der Waals surface area contributed by atoms with E-state index in [1.54, 1.807) is 0 Å². The number of benzene rings is 1. The van der Waals surface area contributed by atoms with Crippen LogP contribution in [0.25, 0.3) is 0 Å². The first-order valence-corrected chi connectivity index (χ1v) is 7.76. The third-order valence-corrected chi connectivity index (χ3v) is 4.15. The van der Waals surface area contributed by atoms with Crippen LogP contribution in [0, 0.1) is 19.8 Å². The van der Waals surface area contributed by atoms with E-state index in [9.17, 15) is 5.11 Å². The topological polar surface area (TPSA) is 33.9 Å². The van der Waals surface area contributed by atoms with Gasteiger partial charge in [0.2, 0.25) is 0 Å². The lowest BCUT2D eigenvalue weighted by molar-refractivity contribution is -0.911. The van der Waals surface area contributed by atoms with E-state index < -0.39 is 0 Å². The molecule has 1 aromatic rings. The van der Waals surface area contributed by atoms with E-state index in [1.807, 2.05) is 19.1 Å². The lowest BCUT2D eigenvalue weighted by Crippen LogP contribution is -3.14. The molecule has 0 aliphatic carbocycles. The predicted octanol–water partition coefficient (Wildman–Crippen LogP) is 1.36. The summed E-state index contributed by atoms with van der Waals surface area (Å²) >= 11 is 0. The van der Waals surface area contributed by atoms with Gasteiger partial charge in [-0.2, -0.15) is 0 Å². The average Bonchev–Trinajstić information content (AvgIpc) is 2.37. The predicted molar refractivity (Wildman–Crippen MR) is 81.4 cm³/mol. The van der Waals surface area contributed by atoms with Gasteiger partial charge in [0.15, 0.2) is 0 Å². The second kappa shape index (κ2) is 7.09. The van der Waals surface area contributed by atoms with Gasteiger partial charge in [-0.3, -0.25) is 0 Å². The number of aryl methyl sites for hydroxylation is 2. The largest absolute Gasteiger partial charge is 0.490 e. The maximum atomic E-state index is 10.1. The molecule has 0 radical (unpaired) electrons. The zero-order valence-corrected chi connectivity index (χ0v) is 13.0. The molecular formula is C17H28NO2+. The van der Waals surface area contributed by atoms with Crippen LogP contribution in [0.2, 0.25) is 0 Å². The first kappa shape index (κ1) is 15.3. The summed E-state index contributed by atoms with van der Waals surface area (Å²) in [6.45, 7) is 9.99. The van der Waals surface area contributed by atoms with Gasteiger partial charge in [-0.1, -0.05) is 24.6 Å². The summed E-state index contributed by atoms with van der Waals surface area (Å²) in [4.78, 5) is 1.51. The Morgan fingerprint density at radius 2 is 2.20 bits per heavy atom. The molecule has 1 heterocycles. The van der Waals surface area contributed by atoms with Crippen LogP contribution in [-0.2, 0) is 0 Å². The van der Waals surface area contributed by atoms with Gasteiger partial charge in [0.25, 0.3) is 0 Å². The molecule has 1 aliphatic heterocycles. The molecule has 3 heteroatoms. The smallest absolute Gasteiger partial charge is 0.137 e. The van der Waals surface area contributed by atoms with Crippen LogP contribution in [0.4, 0.5) is 0 Å². The van der Waals surface area contributed by atoms with Gasteiger partial charge in [-0.15, -0.1) is 0 Å². The van der Waals surface area contributed by atoms with Crippen molar-refractivity contribution in [3.63, 3.8) is 0 Å². The van der Waals surface area contributed by atoms with Gasteiger partial charge in [0.1, 0.15) is 25.0 Å². The summed E-state index contributed by atoms with van der Waals surface area (Å²) in [6.07, 6.45) is 2.23. The molecule has 0 saturated carbocycles. The number of rotatable bonds is 5. The minimum atomic E-state index is -0.379. The summed E-state index contributed by atoms with van der Waals surface area (Å²) in [5, 5.41) is 10.1. The van der Waals surface area contributed by atoms with Gasteiger partial charge in [-0.05, 0) is 38.3 Å². The van der Waals surface area contributed by atoms with Crippen molar-refractivity contribution in [2.24, 2.45) is 5.92 Å². The zero-order chi connectivity index (χ0) is 14.5. The highest BCUT2D eigenvalue weighted by Gasteiger charge is 2.22. The van der Waals surface area contributed by atoms with Crippen molar-refractivity contribution in [1.29, 1.82) is 0 Å². The van der Waals surface area contributed by atoms with Gasteiger partial charge in [0.05, 0.1) is 13.1 Å². The fraction of sp³-hybridized carbons (Fsp3) is 0.647. The first-order chi connectivity index (χ1) is 9.54. The van der Waals surface area contributed by atoms with Crippen LogP contribution in [0.1, 0.15) is 30.9 Å². The SMILES string of the molecule is Cc1ccc(OCC(O)C[NH+]2CCCC(C)C2)c(C)c1. The molecule has 1 saturated heterocycles. The summed E-state index contributed by atoms with van der Waals surface area (Å²) in [7, 11) is 0. The van der Waals surface area contributed by atoms with E-state index >= 15 is 0 Å². The van der Waals surface area contributed by atoms with E-state index in [0.29, 0.717) is 6.61 Å². The number of ether oxygens (including phenoxy) is 1. The second-order valence-corrected chi connectivity index (χ2v) is 6.39. The van der Waals surface area contributed by atoms with E-state index in [0.717, 1.165) is 23.8 Å². The summed E-state index contributed by atoms with van der Waals surface area (Å²) in [5.74, 6) is 1.67. The van der Waals surface area contributed by atoms with Gasteiger partial charge in [-0.25, -0.2) is 0 Å². The molecule has 1 fully saturated rings. The Labute approximate surface area is 122 Å². The van der Waals surface area contributed by atoms with Crippen LogP contribution in [0.3, 0.4) is 0 Å². The molecule has 20 heavy (non-hydrogen) atoms. The van der Waals surface area contributed by atoms with Crippen LogP contribution < -0.4 is 9.64 Å². The van der Waals surface area contributed by atoms with Crippen molar-refractivity contribution in [2.45, 2.75) is 39.7 Å². The Morgan fingerprint density at radius 3 is 2.90 bits per heavy atom. The molecule has 112 valence electrons. The van der Waals surface area contributed by atoms with Crippen molar-refractivity contribution >= 4 is 0 Å². The standard InChI is InChI=1S/C17H27NO2/c1-13-6-7-17(15(3)9-13)20-12-16(19)11-18-8-4-5-14(2)10-18/h6-7,9,14,16,19H,4-5,8,10-12H2,1-3H3/p+1. The number of hydrogen-bond donors (Lipinski definition) is 2. The maximum absolute atomic E-state index is 10.1. The number of quaternary nitrogens is 1. The average molecular weight is 278 g/mol. The van der Waals surface area contributed by atoms with E-state index in [1.165, 1.54) is 36.4 Å². The molecular weight excluding hydrogens is 250 g/mol. The van der Waals surface area contributed by atoms with Gasteiger partial charge in [0, 0.05) is 5.92 Å². The van der Waals surface area contributed by atoms with Crippen LogP contribution in [-0.4, -0.2) is 37.5 Å². The molecule has 1 aromatic carbocycles. The lowest BCUT2D eigenvalue weighted by atomic mass is 10.0. The number of aliphatic hydroxyl groups is 1. The number of piperidine rings is 1. The van der Waals surface area contributed by atoms with Gasteiger partial charge < -0.3 is 14.7 Å². The number of hydrogen-bond acceptors (Lipinski definition) is 2. The molecule has 0 amide bonds. The third-order valence-electron chi connectivity index (χ3n) is 4.15. The minimum absolute atomic E-state index is 0.379. The molecule has 2 N–H and O–H groups in total. The van der Waals surface area contributed by atoms with Crippen LogP contribution in [0.15, 0.2) is 18.2 Å². The Kier molecular flexibility index (Phi) is 5.44. The monoisotopic (exact) mass is 278 g/mol. The number of aliphatic hydroxyl groups excluding tert-OH is 1. The molecule has 0 bridgehead atoms. The second-order valence-electron chi connectivity index (χ2n) is 6.39. The van der Waals surface area contributed by atoms with Crippen LogP contribution in [0.5, 0.6) is 5.75 Å². The van der Waals surface area contributed by atoms with E-state index in [-0.39, 0.29) is 6.10 Å². The molecule has 0 spiro atoms. The van der Waals surface area contributed by atoms with E-state index in [2.05, 4.69) is 19.9 Å².